The molecule has 1 aromatic heterocycles. The van der Waals surface area contributed by atoms with Crippen LogP contribution in [0.3, 0.4) is 0 Å². The van der Waals surface area contributed by atoms with Crippen molar-refractivity contribution in [1.29, 1.82) is 0 Å². The van der Waals surface area contributed by atoms with E-state index < -0.39 is 11.8 Å². The molecule has 1 atom stereocenters. The van der Waals surface area contributed by atoms with Crippen molar-refractivity contribution < 1.29 is 14.3 Å². The van der Waals surface area contributed by atoms with Crippen LogP contribution in [0.2, 0.25) is 0 Å². The van der Waals surface area contributed by atoms with Gasteiger partial charge in [-0.1, -0.05) is 0 Å². The van der Waals surface area contributed by atoms with Crippen LogP contribution in [0, 0.1) is 0 Å². The Bertz CT molecular complexity index is 532. The van der Waals surface area contributed by atoms with E-state index >= 15 is 0 Å². The fraction of sp³-hybridized carbons (Fsp3) is 0.636. The number of nitrogens with two attached hydrogens (primary N) is 1. The minimum atomic E-state index is -0.616. The number of nitrogens with zero attached hydrogens (tertiary/aromatic N) is 3. The van der Waals surface area contributed by atoms with Gasteiger partial charge >= 0.3 is 11.7 Å². The summed E-state index contributed by atoms with van der Waals surface area (Å²) in [5.74, 6) is -0.0427. The first-order valence-corrected chi connectivity index (χ1v) is 6.31. The van der Waals surface area contributed by atoms with Gasteiger partial charge in [0.15, 0.2) is 6.10 Å². The van der Waals surface area contributed by atoms with Crippen LogP contribution >= 0.6 is 0 Å². The fourth-order valence-electron chi connectivity index (χ4n) is 1.96. The van der Waals surface area contributed by atoms with Crippen molar-refractivity contribution in [3.05, 3.63) is 16.3 Å². The molecular formula is C11H17N5O4. The predicted molar refractivity (Wildman–Crippen MR) is 68.7 cm³/mol. The van der Waals surface area contributed by atoms with Gasteiger partial charge in [0.05, 0.1) is 19.8 Å². The summed E-state index contributed by atoms with van der Waals surface area (Å²) in [7, 11) is 0. The maximum atomic E-state index is 11.6. The number of carbonyl (C=O) groups excluding carboxylic acids is 1. The molecule has 2 heterocycles. The van der Waals surface area contributed by atoms with Gasteiger partial charge in [-0.05, 0) is 6.92 Å². The highest BCUT2D eigenvalue weighted by Gasteiger charge is 2.28. The molecule has 1 aliphatic heterocycles. The van der Waals surface area contributed by atoms with E-state index in [2.05, 4.69) is 15.0 Å². The maximum absolute atomic E-state index is 11.6. The SMILES string of the molecule is CCOC(=O)C1CN(Cc2nc(N)nc(=O)[nH]2)CCO1. The van der Waals surface area contributed by atoms with Crippen LogP contribution in [0.1, 0.15) is 12.7 Å². The molecule has 9 nitrogen and oxygen atoms in total. The summed E-state index contributed by atoms with van der Waals surface area (Å²) in [4.78, 5) is 34.7. The number of hydrogen-bond acceptors (Lipinski definition) is 8. The van der Waals surface area contributed by atoms with E-state index in [1.165, 1.54) is 0 Å². The van der Waals surface area contributed by atoms with Gasteiger partial charge in [0, 0.05) is 13.1 Å². The molecule has 0 saturated carbocycles. The van der Waals surface area contributed by atoms with E-state index in [-0.39, 0.29) is 11.9 Å². The minimum Gasteiger partial charge on any atom is -0.464 e. The van der Waals surface area contributed by atoms with Gasteiger partial charge in [-0.2, -0.15) is 9.97 Å². The van der Waals surface area contributed by atoms with E-state index in [1.54, 1.807) is 6.92 Å². The zero-order chi connectivity index (χ0) is 14.5. The van der Waals surface area contributed by atoms with Crippen molar-refractivity contribution in [2.45, 2.75) is 19.6 Å². The molecule has 1 unspecified atom stereocenters. The fourth-order valence-corrected chi connectivity index (χ4v) is 1.96. The minimum absolute atomic E-state index is 0.0704. The van der Waals surface area contributed by atoms with Crippen LogP contribution in [0.25, 0.3) is 0 Å². The smallest absolute Gasteiger partial charge is 0.349 e. The Balaban J connectivity index is 1.99. The summed E-state index contributed by atoms with van der Waals surface area (Å²) in [6.07, 6.45) is -0.616. The van der Waals surface area contributed by atoms with Crippen molar-refractivity contribution in [1.82, 2.24) is 19.9 Å². The largest absolute Gasteiger partial charge is 0.464 e. The molecule has 2 rings (SSSR count). The zero-order valence-corrected chi connectivity index (χ0v) is 11.2. The molecule has 9 heteroatoms. The molecule has 0 bridgehead atoms. The second-order valence-electron chi connectivity index (χ2n) is 4.31. The van der Waals surface area contributed by atoms with Gasteiger partial charge in [0.2, 0.25) is 5.95 Å². The lowest BCUT2D eigenvalue weighted by molar-refractivity contribution is -0.162. The summed E-state index contributed by atoms with van der Waals surface area (Å²) in [6.45, 7) is 3.84. The Morgan fingerprint density at radius 2 is 2.40 bits per heavy atom. The standard InChI is InChI=1S/C11H17N5O4/c1-2-19-9(17)7-5-16(3-4-20-7)6-8-13-10(12)15-11(18)14-8/h7H,2-6H2,1H3,(H3,12,13,14,15,18). The summed E-state index contributed by atoms with van der Waals surface area (Å²) in [5.41, 5.74) is 4.88. The van der Waals surface area contributed by atoms with Crippen LogP contribution in [-0.2, 0) is 20.8 Å². The maximum Gasteiger partial charge on any atom is 0.349 e. The van der Waals surface area contributed by atoms with E-state index in [1.807, 2.05) is 4.90 Å². The second kappa shape index (κ2) is 6.44. The van der Waals surface area contributed by atoms with Gasteiger partial charge in [-0.25, -0.2) is 9.59 Å². The normalized spacial score (nSPS) is 19.8. The van der Waals surface area contributed by atoms with E-state index in [4.69, 9.17) is 15.2 Å². The molecule has 110 valence electrons. The Labute approximate surface area is 115 Å². The van der Waals surface area contributed by atoms with Gasteiger partial charge < -0.3 is 15.2 Å². The predicted octanol–water partition coefficient (Wildman–Crippen LogP) is -1.49. The third-order valence-electron chi connectivity index (χ3n) is 2.79. The lowest BCUT2D eigenvalue weighted by atomic mass is 10.2. The number of rotatable bonds is 4. The van der Waals surface area contributed by atoms with Crippen LogP contribution in [-0.4, -0.2) is 58.2 Å². The van der Waals surface area contributed by atoms with Crippen LogP contribution in [0.4, 0.5) is 5.95 Å². The Morgan fingerprint density at radius 1 is 1.60 bits per heavy atom. The average Bonchev–Trinajstić information content (AvgIpc) is 2.38. The highest BCUT2D eigenvalue weighted by atomic mass is 16.6. The number of ether oxygens (including phenoxy) is 2. The highest BCUT2D eigenvalue weighted by molar-refractivity contribution is 5.75. The lowest BCUT2D eigenvalue weighted by Gasteiger charge is -2.31. The molecule has 3 N–H and O–H groups in total. The number of hydrogen-bond donors (Lipinski definition) is 2. The average molecular weight is 283 g/mol. The summed E-state index contributed by atoms with van der Waals surface area (Å²) in [5, 5.41) is 0. The Hall–Kier alpha value is -2.00. The highest BCUT2D eigenvalue weighted by Crippen LogP contribution is 2.09. The first-order chi connectivity index (χ1) is 9.58. The number of morpholine rings is 1. The lowest BCUT2D eigenvalue weighted by Crippen LogP contribution is -2.46. The quantitative estimate of drug-likeness (QED) is 0.641. The molecule has 0 spiro atoms. The van der Waals surface area contributed by atoms with Crippen molar-refractivity contribution in [2.75, 3.05) is 32.0 Å². The van der Waals surface area contributed by atoms with Gasteiger partial charge in [-0.3, -0.25) is 9.88 Å². The molecule has 1 aromatic rings. The number of anilines is 1. The first kappa shape index (κ1) is 14.4. The third kappa shape index (κ3) is 3.75. The molecule has 0 amide bonds. The third-order valence-corrected chi connectivity index (χ3v) is 2.79. The van der Waals surface area contributed by atoms with Crippen LogP contribution in [0.5, 0.6) is 0 Å². The number of nitrogen functional groups attached to an aromatic ring is 1. The number of aromatic nitrogens is 3. The summed E-state index contributed by atoms with van der Waals surface area (Å²) in [6, 6.07) is 0. The topological polar surface area (TPSA) is 123 Å². The number of aromatic amines is 1. The molecule has 0 radical (unpaired) electrons. The van der Waals surface area contributed by atoms with Crippen molar-refractivity contribution >= 4 is 11.9 Å². The van der Waals surface area contributed by atoms with Crippen molar-refractivity contribution in [2.24, 2.45) is 0 Å². The van der Waals surface area contributed by atoms with E-state index in [0.29, 0.717) is 38.7 Å². The molecular weight excluding hydrogens is 266 g/mol. The van der Waals surface area contributed by atoms with E-state index in [9.17, 15) is 9.59 Å². The van der Waals surface area contributed by atoms with Crippen LogP contribution < -0.4 is 11.4 Å². The monoisotopic (exact) mass is 283 g/mol. The number of esters is 1. The zero-order valence-electron chi connectivity index (χ0n) is 11.2. The molecule has 1 fully saturated rings. The molecule has 1 aliphatic rings. The van der Waals surface area contributed by atoms with Crippen LogP contribution in [0.15, 0.2) is 4.79 Å². The molecule has 0 aromatic carbocycles. The Morgan fingerprint density at radius 3 is 3.10 bits per heavy atom. The number of carbonyl (C=O) groups is 1. The summed E-state index contributed by atoms with van der Waals surface area (Å²) < 4.78 is 10.3. The molecule has 1 saturated heterocycles. The number of H-pyrrole nitrogens is 1. The first-order valence-electron chi connectivity index (χ1n) is 6.31. The van der Waals surface area contributed by atoms with Gasteiger partial charge in [0.1, 0.15) is 5.82 Å². The second-order valence-corrected chi connectivity index (χ2v) is 4.31. The molecule has 20 heavy (non-hydrogen) atoms. The Kier molecular flexibility index (Phi) is 4.64. The van der Waals surface area contributed by atoms with Crippen molar-refractivity contribution in [3.8, 4) is 0 Å². The summed E-state index contributed by atoms with van der Waals surface area (Å²) >= 11 is 0. The van der Waals surface area contributed by atoms with Gasteiger partial charge in [-0.15, -0.1) is 0 Å². The van der Waals surface area contributed by atoms with Crippen molar-refractivity contribution in [3.63, 3.8) is 0 Å². The van der Waals surface area contributed by atoms with E-state index in [0.717, 1.165) is 0 Å². The van der Waals surface area contributed by atoms with Gasteiger partial charge in [0.25, 0.3) is 0 Å². The molecule has 0 aliphatic carbocycles. The number of nitrogens with one attached hydrogen (secondary N) is 1.